The first kappa shape index (κ1) is 7.98. The van der Waals surface area contributed by atoms with Crippen molar-refractivity contribution in [2.75, 3.05) is 6.67 Å². The van der Waals surface area contributed by atoms with Crippen molar-refractivity contribution in [2.45, 2.75) is 13.3 Å². The Labute approximate surface area is 65.3 Å². The Balaban J connectivity index is 2.88. The number of hydrogen-bond acceptors (Lipinski definition) is 2. The van der Waals surface area contributed by atoms with Crippen LogP contribution < -0.4 is 5.73 Å². The van der Waals surface area contributed by atoms with Crippen LogP contribution in [0.15, 0.2) is 28.5 Å². The van der Waals surface area contributed by atoms with E-state index < -0.39 is 6.67 Å². The quantitative estimate of drug-likeness (QED) is 0.611. The van der Waals surface area contributed by atoms with Gasteiger partial charge in [0.15, 0.2) is 0 Å². The zero-order valence-corrected chi connectivity index (χ0v) is 6.47. The molecule has 0 unspecified atom stereocenters. The predicted octanol–water partition coefficient (Wildman–Crippen LogP) is 1.55. The van der Waals surface area contributed by atoms with Crippen molar-refractivity contribution in [3.63, 3.8) is 0 Å². The summed E-state index contributed by atoms with van der Waals surface area (Å²) in [6.45, 7) is 1.39. The van der Waals surface area contributed by atoms with Crippen LogP contribution in [0.2, 0.25) is 0 Å². The average molecular weight is 154 g/mol. The maximum absolute atomic E-state index is 12.1. The summed E-state index contributed by atoms with van der Waals surface area (Å²) in [7, 11) is 0. The second-order valence-electron chi connectivity index (χ2n) is 2.63. The highest BCUT2D eigenvalue weighted by Crippen LogP contribution is 2.09. The van der Waals surface area contributed by atoms with Gasteiger partial charge in [0.25, 0.3) is 0 Å². The lowest BCUT2D eigenvalue weighted by atomic mass is 10.1. The minimum atomic E-state index is -0.527. The van der Waals surface area contributed by atoms with Crippen LogP contribution in [0.1, 0.15) is 13.3 Å². The number of allylic oxidation sites excluding steroid dienone is 2. The molecule has 60 valence electrons. The van der Waals surface area contributed by atoms with Crippen LogP contribution in [0.5, 0.6) is 0 Å². The first-order valence-corrected chi connectivity index (χ1v) is 3.46. The zero-order valence-electron chi connectivity index (χ0n) is 6.47. The first-order valence-electron chi connectivity index (χ1n) is 3.46. The zero-order chi connectivity index (χ0) is 8.27. The Kier molecular flexibility index (Phi) is 2.41. The summed E-state index contributed by atoms with van der Waals surface area (Å²) in [6.07, 6.45) is 3.94. The minimum absolute atomic E-state index is 0.447. The van der Waals surface area contributed by atoms with Gasteiger partial charge < -0.3 is 5.73 Å². The third kappa shape index (κ3) is 2.18. The monoisotopic (exact) mass is 154 g/mol. The second-order valence-corrected chi connectivity index (χ2v) is 2.63. The van der Waals surface area contributed by atoms with E-state index >= 15 is 0 Å². The highest BCUT2D eigenvalue weighted by atomic mass is 19.1. The van der Waals surface area contributed by atoms with Crippen LogP contribution in [0.3, 0.4) is 0 Å². The molecule has 0 saturated carbocycles. The van der Waals surface area contributed by atoms with E-state index in [0.717, 1.165) is 5.57 Å². The molecule has 11 heavy (non-hydrogen) atoms. The molecular weight excluding hydrogens is 143 g/mol. The normalized spacial score (nSPS) is 18.2. The van der Waals surface area contributed by atoms with Gasteiger partial charge in [-0.15, -0.1) is 0 Å². The molecular formula is C8H11FN2. The number of nitrogens with two attached hydrogens (primary N) is 1. The Bertz CT molecular complexity index is 238. The molecule has 0 spiro atoms. The molecule has 0 bridgehead atoms. The molecule has 2 N–H and O–H groups in total. The molecule has 1 aliphatic rings. The summed E-state index contributed by atoms with van der Waals surface area (Å²) in [6, 6.07) is 0. The van der Waals surface area contributed by atoms with Crippen molar-refractivity contribution in [1.82, 2.24) is 0 Å². The Hall–Kier alpha value is -1.12. The lowest BCUT2D eigenvalue weighted by Crippen LogP contribution is -1.96. The molecule has 0 atom stereocenters. The van der Waals surface area contributed by atoms with Gasteiger partial charge in [-0.2, -0.15) is 0 Å². The summed E-state index contributed by atoms with van der Waals surface area (Å²) in [5.41, 5.74) is 7.71. The Morgan fingerprint density at radius 2 is 2.45 bits per heavy atom. The Morgan fingerprint density at radius 3 is 3.09 bits per heavy atom. The number of alkyl halides is 1. The summed E-state index contributed by atoms with van der Waals surface area (Å²) in [4.78, 5) is 3.85. The number of hydrogen-bond donors (Lipinski definition) is 1. The molecule has 0 saturated heterocycles. The van der Waals surface area contributed by atoms with E-state index in [1.807, 2.05) is 6.92 Å². The number of aliphatic imine (C=N–C) groups is 1. The van der Waals surface area contributed by atoms with Crippen LogP contribution >= 0.6 is 0 Å². The standard InChI is InChI=1S/C8H11FN2/c1-6-2-7(10)5-11-8(3-6)4-9/h3,5H,2,4,10H2,1H3. The van der Waals surface area contributed by atoms with Gasteiger partial charge in [0.05, 0.1) is 5.71 Å². The fourth-order valence-corrected chi connectivity index (χ4v) is 0.979. The predicted molar refractivity (Wildman–Crippen MR) is 44.1 cm³/mol. The fraction of sp³-hybridized carbons (Fsp3) is 0.375. The SMILES string of the molecule is CC1=CC(CF)=NC=C(N)C1. The van der Waals surface area contributed by atoms with Crippen LogP contribution in [-0.2, 0) is 0 Å². The average Bonchev–Trinajstić information content (AvgIpc) is 2.11. The smallest absolute Gasteiger partial charge is 0.131 e. The molecule has 0 radical (unpaired) electrons. The number of halogens is 1. The summed E-state index contributed by atoms with van der Waals surface area (Å²) in [5.74, 6) is 0. The van der Waals surface area contributed by atoms with Gasteiger partial charge in [0.2, 0.25) is 0 Å². The molecule has 1 aliphatic heterocycles. The number of nitrogens with zero attached hydrogens (tertiary/aromatic N) is 1. The van der Waals surface area contributed by atoms with Crippen molar-refractivity contribution >= 4 is 5.71 Å². The minimum Gasteiger partial charge on any atom is -0.401 e. The molecule has 0 amide bonds. The molecule has 1 rings (SSSR count). The summed E-state index contributed by atoms with van der Waals surface area (Å²) >= 11 is 0. The number of rotatable bonds is 1. The molecule has 1 heterocycles. The topological polar surface area (TPSA) is 38.4 Å². The van der Waals surface area contributed by atoms with Crippen LogP contribution in [0, 0.1) is 0 Å². The van der Waals surface area contributed by atoms with E-state index in [4.69, 9.17) is 5.73 Å². The first-order chi connectivity index (χ1) is 5.22. The lowest BCUT2D eigenvalue weighted by molar-refractivity contribution is 0.582. The van der Waals surface area contributed by atoms with Gasteiger partial charge in [-0.05, 0) is 13.0 Å². The van der Waals surface area contributed by atoms with Crippen LogP contribution in [-0.4, -0.2) is 12.4 Å². The van der Waals surface area contributed by atoms with Gasteiger partial charge in [-0.1, -0.05) is 5.57 Å². The lowest BCUT2D eigenvalue weighted by Gasteiger charge is -1.96. The van der Waals surface area contributed by atoms with Crippen LogP contribution in [0.4, 0.5) is 4.39 Å². The van der Waals surface area contributed by atoms with Crippen molar-refractivity contribution < 1.29 is 4.39 Å². The summed E-state index contributed by atoms with van der Waals surface area (Å²) in [5, 5.41) is 0. The third-order valence-corrected chi connectivity index (χ3v) is 1.43. The molecule has 0 aromatic rings. The molecule has 2 nitrogen and oxygen atoms in total. The molecule has 0 aromatic carbocycles. The highest BCUT2D eigenvalue weighted by Gasteiger charge is 2.01. The van der Waals surface area contributed by atoms with Gasteiger partial charge in [0, 0.05) is 18.3 Å². The molecule has 3 heteroatoms. The second kappa shape index (κ2) is 3.32. The van der Waals surface area contributed by atoms with E-state index in [1.165, 1.54) is 6.20 Å². The van der Waals surface area contributed by atoms with Crippen molar-refractivity contribution in [3.8, 4) is 0 Å². The van der Waals surface area contributed by atoms with Gasteiger partial charge in [-0.25, -0.2) is 4.39 Å². The Morgan fingerprint density at radius 1 is 1.73 bits per heavy atom. The van der Waals surface area contributed by atoms with Crippen molar-refractivity contribution in [3.05, 3.63) is 23.5 Å². The van der Waals surface area contributed by atoms with E-state index in [1.54, 1.807) is 6.08 Å². The highest BCUT2D eigenvalue weighted by molar-refractivity contribution is 5.97. The van der Waals surface area contributed by atoms with E-state index in [-0.39, 0.29) is 0 Å². The maximum Gasteiger partial charge on any atom is 0.131 e. The van der Waals surface area contributed by atoms with E-state index in [0.29, 0.717) is 17.8 Å². The largest absolute Gasteiger partial charge is 0.401 e. The van der Waals surface area contributed by atoms with Gasteiger partial charge in [-0.3, -0.25) is 4.99 Å². The van der Waals surface area contributed by atoms with Crippen molar-refractivity contribution in [1.29, 1.82) is 0 Å². The fourth-order valence-electron chi connectivity index (χ4n) is 0.979. The third-order valence-electron chi connectivity index (χ3n) is 1.43. The van der Waals surface area contributed by atoms with E-state index in [2.05, 4.69) is 4.99 Å². The molecule has 0 aliphatic carbocycles. The summed E-state index contributed by atoms with van der Waals surface area (Å²) < 4.78 is 12.1. The maximum atomic E-state index is 12.1. The molecule has 0 fully saturated rings. The van der Waals surface area contributed by atoms with Crippen molar-refractivity contribution in [2.24, 2.45) is 10.7 Å². The van der Waals surface area contributed by atoms with Gasteiger partial charge >= 0.3 is 0 Å². The van der Waals surface area contributed by atoms with E-state index in [9.17, 15) is 4.39 Å². The van der Waals surface area contributed by atoms with Crippen LogP contribution in [0.25, 0.3) is 0 Å². The molecule has 0 aromatic heterocycles. The van der Waals surface area contributed by atoms with Gasteiger partial charge in [0.1, 0.15) is 6.67 Å².